The highest BCUT2D eigenvalue weighted by Gasteiger charge is 2.13. The number of fused-ring (bicyclic) bond motifs is 1. The second kappa shape index (κ2) is 6.73. The zero-order chi connectivity index (χ0) is 18.1. The van der Waals surface area contributed by atoms with E-state index in [1.165, 1.54) is 4.57 Å². The van der Waals surface area contributed by atoms with Crippen LogP contribution in [0.5, 0.6) is 0 Å². The van der Waals surface area contributed by atoms with Crippen molar-refractivity contribution >= 4 is 34.1 Å². The molecule has 0 aliphatic rings. The molecule has 4 nitrogen and oxygen atoms in total. The molecule has 0 fully saturated rings. The molecule has 0 aliphatic carbocycles. The molecule has 1 amide bonds. The molecule has 2 aromatic carbocycles. The number of para-hydroxylation sites is 1. The third-order valence-corrected chi connectivity index (χ3v) is 4.79. The molecule has 1 aromatic heterocycles. The van der Waals surface area contributed by atoms with Crippen molar-refractivity contribution in [1.29, 1.82) is 0 Å². The summed E-state index contributed by atoms with van der Waals surface area (Å²) < 4.78 is 1.52. The van der Waals surface area contributed by atoms with Crippen molar-refractivity contribution < 1.29 is 4.79 Å². The van der Waals surface area contributed by atoms with Crippen LogP contribution in [0.1, 0.15) is 16.7 Å². The van der Waals surface area contributed by atoms with Gasteiger partial charge >= 0.3 is 0 Å². The Morgan fingerprint density at radius 2 is 1.80 bits per heavy atom. The highest BCUT2D eigenvalue weighted by Crippen LogP contribution is 2.23. The van der Waals surface area contributed by atoms with Crippen LogP contribution in [-0.4, -0.2) is 10.5 Å². The minimum atomic E-state index is -0.263. The van der Waals surface area contributed by atoms with E-state index in [4.69, 9.17) is 11.6 Å². The van der Waals surface area contributed by atoms with E-state index >= 15 is 0 Å². The number of anilines is 1. The molecule has 128 valence electrons. The van der Waals surface area contributed by atoms with Crippen LogP contribution in [0.3, 0.4) is 0 Å². The summed E-state index contributed by atoms with van der Waals surface area (Å²) in [4.78, 5) is 25.0. The van der Waals surface area contributed by atoms with E-state index in [0.29, 0.717) is 10.7 Å². The molecule has 1 heterocycles. The van der Waals surface area contributed by atoms with Crippen molar-refractivity contribution in [3.63, 3.8) is 0 Å². The monoisotopic (exact) mass is 354 g/mol. The van der Waals surface area contributed by atoms with Crippen LogP contribution in [0.4, 0.5) is 5.69 Å². The number of aryl methyl sites for hydroxylation is 2. The van der Waals surface area contributed by atoms with Crippen molar-refractivity contribution in [2.75, 3.05) is 5.32 Å². The summed E-state index contributed by atoms with van der Waals surface area (Å²) in [6, 6.07) is 12.8. The quantitative estimate of drug-likeness (QED) is 0.765. The summed E-state index contributed by atoms with van der Waals surface area (Å²) in [6.07, 6.45) is 0. The van der Waals surface area contributed by atoms with E-state index in [0.717, 1.165) is 27.6 Å². The van der Waals surface area contributed by atoms with Gasteiger partial charge in [0.15, 0.2) is 0 Å². The Balaban J connectivity index is 1.99. The molecule has 0 aliphatic heterocycles. The van der Waals surface area contributed by atoms with Crippen LogP contribution in [0.25, 0.3) is 10.9 Å². The maximum Gasteiger partial charge on any atom is 0.251 e. The molecule has 0 saturated carbocycles. The second-order valence-corrected chi connectivity index (χ2v) is 6.59. The number of pyridine rings is 1. The number of nitrogens with one attached hydrogen (secondary N) is 1. The smallest absolute Gasteiger partial charge is 0.251 e. The number of hydrogen-bond donors (Lipinski definition) is 1. The molecular formula is C20H19ClN2O2. The third-order valence-electron chi connectivity index (χ3n) is 4.38. The number of hydrogen-bond acceptors (Lipinski definition) is 2. The van der Waals surface area contributed by atoms with E-state index in [2.05, 4.69) is 5.32 Å². The Morgan fingerprint density at radius 3 is 2.56 bits per heavy atom. The summed E-state index contributed by atoms with van der Waals surface area (Å²) in [5.74, 6) is -0.263. The van der Waals surface area contributed by atoms with E-state index in [-0.39, 0.29) is 18.0 Å². The fourth-order valence-corrected chi connectivity index (χ4v) is 3.19. The van der Waals surface area contributed by atoms with Gasteiger partial charge in [0, 0.05) is 22.2 Å². The lowest BCUT2D eigenvalue weighted by Crippen LogP contribution is -2.28. The Bertz CT molecular complexity index is 1040. The average molecular weight is 355 g/mol. The molecule has 0 bridgehead atoms. The standard InChI is InChI=1S/C20H19ClN2O2/c1-12-6-4-7-15-13(2)10-19(25)23(20(12)15)11-18(24)22-17-9-5-8-16(21)14(17)3/h4-10H,11H2,1-3H3,(H,22,24). The first-order valence-corrected chi connectivity index (χ1v) is 8.41. The van der Waals surface area contributed by atoms with E-state index in [9.17, 15) is 9.59 Å². The van der Waals surface area contributed by atoms with Gasteiger partial charge in [-0.05, 0) is 49.6 Å². The van der Waals surface area contributed by atoms with Gasteiger partial charge in [0.2, 0.25) is 5.91 Å². The van der Waals surface area contributed by atoms with Crippen LogP contribution >= 0.6 is 11.6 Å². The van der Waals surface area contributed by atoms with Crippen LogP contribution in [0.15, 0.2) is 47.3 Å². The lowest BCUT2D eigenvalue weighted by Gasteiger charge is -2.15. The fraction of sp³-hybridized carbons (Fsp3) is 0.200. The van der Waals surface area contributed by atoms with Gasteiger partial charge in [-0.3, -0.25) is 14.2 Å². The average Bonchev–Trinajstić information content (AvgIpc) is 2.56. The van der Waals surface area contributed by atoms with Crippen molar-refractivity contribution in [2.24, 2.45) is 0 Å². The number of rotatable bonds is 3. The predicted octanol–water partition coefficient (Wildman–Crippen LogP) is 4.22. The molecule has 25 heavy (non-hydrogen) atoms. The molecule has 1 N–H and O–H groups in total. The van der Waals surface area contributed by atoms with E-state index in [1.807, 2.05) is 39.0 Å². The number of halogens is 1. The fourth-order valence-electron chi connectivity index (χ4n) is 3.02. The van der Waals surface area contributed by atoms with Crippen LogP contribution in [0.2, 0.25) is 5.02 Å². The van der Waals surface area contributed by atoms with Gasteiger partial charge in [-0.25, -0.2) is 0 Å². The molecule has 0 spiro atoms. The topological polar surface area (TPSA) is 51.1 Å². The summed E-state index contributed by atoms with van der Waals surface area (Å²) in [5.41, 5.74) is 3.94. The first kappa shape index (κ1) is 17.2. The van der Waals surface area contributed by atoms with Crippen LogP contribution in [-0.2, 0) is 11.3 Å². The molecule has 0 atom stereocenters. The zero-order valence-electron chi connectivity index (χ0n) is 14.4. The summed E-state index contributed by atoms with van der Waals surface area (Å²) >= 11 is 6.09. The van der Waals surface area contributed by atoms with Crippen molar-refractivity contribution in [3.05, 3.63) is 74.5 Å². The lowest BCUT2D eigenvalue weighted by atomic mass is 10.1. The first-order valence-electron chi connectivity index (χ1n) is 8.03. The van der Waals surface area contributed by atoms with Crippen molar-refractivity contribution in [3.8, 4) is 0 Å². The Kier molecular flexibility index (Phi) is 4.64. The maximum absolute atomic E-state index is 12.5. The largest absolute Gasteiger partial charge is 0.324 e. The highest BCUT2D eigenvalue weighted by molar-refractivity contribution is 6.31. The van der Waals surface area contributed by atoms with Gasteiger partial charge in [0.25, 0.3) is 5.56 Å². The number of carbonyl (C=O) groups excluding carboxylic acids is 1. The molecule has 0 saturated heterocycles. The SMILES string of the molecule is Cc1c(Cl)cccc1NC(=O)Cn1c(=O)cc(C)c2cccc(C)c21. The third kappa shape index (κ3) is 3.30. The number of benzene rings is 2. The summed E-state index contributed by atoms with van der Waals surface area (Å²) in [5, 5.41) is 4.41. The van der Waals surface area contributed by atoms with Gasteiger partial charge in [-0.2, -0.15) is 0 Å². The van der Waals surface area contributed by atoms with E-state index in [1.54, 1.807) is 24.3 Å². The second-order valence-electron chi connectivity index (χ2n) is 6.18. The predicted molar refractivity (Wildman–Crippen MR) is 103 cm³/mol. The van der Waals surface area contributed by atoms with Gasteiger partial charge in [-0.15, -0.1) is 0 Å². The minimum absolute atomic E-state index is 0.0492. The molecule has 0 radical (unpaired) electrons. The number of amides is 1. The highest BCUT2D eigenvalue weighted by atomic mass is 35.5. The normalized spacial score (nSPS) is 10.9. The van der Waals surface area contributed by atoms with Crippen LogP contribution in [0, 0.1) is 20.8 Å². The van der Waals surface area contributed by atoms with Gasteiger partial charge in [-0.1, -0.05) is 35.9 Å². The Hall–Kier alpha value is -2.59. The molecule has 0 unspecified atom stereocenters. The maximum atomic E-state index is 12.5. The van der Waals surface area contributed by atoms with Crippen molar-refractivity contribution in [1.82, 2.24) is 4.57 Å². The zero-order valence-corrected chi connectivity index (χ0v) is 15.1. The summed E-state index contributed by atoms with van der Waals surface area (Å²) in [7, 11) is 0. The van der Waals surface area contributed by atoms with Crippen LogP contribution < -0.4 is 10.9 Å². The number of nitrogens with zero attached hydrogens (tertiary/aromatic N) is 1. The first-order chi connectivity index (χ1) is 11.9. The van der Waals surface area contributed by atoms with Gasteiger partial charge < -0.3 is 5.32 Å². The van der Waals surface area contributed by atoms with Gasteiger partial charge in [0.1, 0.15) is 6.54 Å². The number of carbonyl (C=O) groups is 1. The molecule has 3 aromatic rings. The molecule has 5 heteroatoms. The lowest BCUT2D eigenvalue weighted by molar-refractivity contribution is -0.116. The number of aromatic nitrogens is 1. The van der Waals surface area contributed by atoms with E-state index < -0.39 is 0 Å². The van der Waals surface area contributed by atoms with Crippen molar-refractivity contribution in [2.45, 2.75) is 27.3 Å². The summed E-state index contributed by atoms with van der Waals surface area (Å²) in [6.45, 7) is 5.64. The molecule has 3 rings (SSSR count). The Labute approximate surface area is 151 Å². The minimum Gasteiger partial charge on any atom is -0.324 e. The van der Waals surface area contributed by atoms with Gasteiger partial charge in [0.05, 0.1) is 5.52 Å². The molecular weight excluding hydrogens is 336 g/mol. The Morgan fingerprint density at radius 1 is 1.08 bits per heavy atom.